The Hall–Kier alpha value is -3.08. The molecule has 3 aromatic rings. The highest BCUT2D eigenvalue weighted by Gasteiger charge is 2.34. The van der Waals surface area contributed by atoms with Gasteiger partial charge in [-0.2, -0.15) is 0 Å². The van der Waals surface area contributed by atoms with Gasteiger partial charge in [-0.05, 0) is 24.3 Å². The zero-order valence-corrected chi connectivity index (χ0v) is 13.1. The van der Waals surface area contributed by atoms with Crippen LogP contribution in [0.1, 0.15) is 6.42 Å². The maximum atomic E-state index is 12.7. The number of aromatic nitrogens is 2. The summed E-state index contributed by atoms with van der Waals surface area (Å²) in [5, 5.41) is 0. The highest BCUT2D eigenvalue weighted by Crippen LogP contribution is 2.31. The Bertz CT molecular complexity index is 831. The highest BCUT2D eigenvalue weighted by molar-refractivity contribution is 5.99. The molecule has 120 valence electrons. The standard InChI is InChI=1S/C19H17N3O2/c23-19-18(10-11-22(19)14-6-2-1-3-7-14)24-17-9-5-4-8-15(17)16-12-20-13-21-16/h1-9,12-13,18H,10-11H2,(H,20,21). The molecule has 0 bridgehead atoms. The van der Waals surface area contributed by atoms with E-state index in [0.717, 1.165) is 16.9 Å². The van der Waals surface area contributed by atoms with Crippen LogP contribution in [-0.2, 0) is 4.79 Å². The van der Waals surface area contributed by atoms with E-state index >= 15 is 0 Å². The van der Waals surface area contributed by atoms with Gasteiger partial charge in [0, 0.05) is 24.2 Å². The van der Waals surface area contributed by atoms with Crippen molar-refractivity contribution in [2.45, 2.75) is 12.5 Å². The largest absolute Gasteiger partial charge is 0.480 e. The van der Waals surface area contributed by atoms with Crippen molar-refractivity contribution in [2.75, 3.05) is 11.4 Å². The molecule has 2 aromatic carbocycles. The van der Waals surface area contributed by atoms with Crippen molar-refractivity contribution in [1.82, 2.24) is 9.97 Å². The lowest BCUT2D eigenvalue weighted by Gasteiger charge is -2.18. The predicted molar refractivity (Wildman–Crippen MR) is 91.9 cm³/mol. The number of carbonyl (C=O) groups is 1. The van der Waals surface area contributed by atoms with Gasteiger partial charge in [-0.25, -0.2) is 4.98 Å². The summed E-state index contributed by atoms with van der Waals surface area (Å²) in [5.41, 5.74) is 2.69. The van der Waals surface area contributed by atoms with E-state index < -0.39 is 6.10 Å². The average molecular weight is 319 g/mol. The number of para-hydroxylation sites is 2. The van der Waals surface area contributed by atoms with Crippen LogP contribution >= 0.6 is 0 Å². The molecule has 0 spiro atoms. The molecule has 0 radical (unpaired) electrons. The van der Waals surface area contributed by atoms with E-state index in [1.165, 1.54) is 0 Å². The molecular formula is C19H17N3O2. The molecule has 1 N–H and O–H groups in total. The van der Waals surface area contributed by atoms with Gasteiger partial charge in [0.05, 0.1) is 18.2 Å². The number of ether oxygens (including phenoxy) is 1. The van der Waals surface area contributed by atoms with Crippen LogP contribution in [0.5, 0.6) is 5.75 Å². The van der Waals surface area contributed by atoms with Crippen LogP contribution < -0.4 is 9.64 Å². The van der Waals surface area contributed by atoms with Crippen molar-refractivity contribution in [3.05, 3.63) is 67.1 Å². The number of carbonyl (C=O) groups excluding carboxylic acids is 1. The van der Waals surface area contributed by atoms with E-state index in [9.17, 15) is 4.79 Å². The fourth-order valence-electron chi connectivity index (χ4n) is 2.98. The van der Waals surface area contributed by atoms with Gasteiger partial charge in [0.2, 0.25) is 0 Å². The lowest BCUT2D eigenvalue weighted by molar-refractivity contribution is -0.122. The van der Waals surface area contributed by atoms with E-state index in [-0.39, 0.29) is 5.91 Å². The van der Waals surface area contributed by atoms with Gasteiger partial charge >= 0.3 is 0 Å². The summed E-state index contributed by atoms with van der Waals surface area (Å²) in [7, 11) is 0. The molecule has 1 amide bonds. The van der Waals surface area contributed by atoms with Gasteiger partial charge in [-0.1, -0.05) is 30.3 Å². The molecular weight excluding hydrogens is 302 g/mol. The summed E-state index contributed by atoms with van der Waals surface area (Å²) in [6.45, 7) is 0.666. The number of hydrogen-bond acceptors (Lipinski definition) is 3. The Morgan fingerprint density at radius 1 is 1.08 bits per heavy atom. The van der Waals surface area contributed by atoms with Crippen LogP contribution in [0.25, 0.3) is 11.3 Å². The van der Waals surface area contributed by atoms with E-state index in [1.54, 1.807) is 17.4 Å². The second-order valence-corrected chi connectivity index (χ2v) is 5.68. The van der Waals surface area contributed by atoms with Crippen molar-refractivity contribution in [3.8, 4) is 17.0 Å². The molecule has 1 saturated heterocycles. The van der Waals surface area contributed by atoms with Crippen molar-refractivity contribution in [2.24, 2.45) is 0 Å². The zero-order chi connectivity index (χ0) is 16.4. The van der Waals surface area contributed by atoms with Crippen LogP contribution in [0.2, 0.25) is 0 Å². The molecule has 5 nitrogen and oxygen atoms in total. The second-order valence-electron chi connectivity index (χ2n) is 5.68. The number of imidazole rings is 1. The van der Waals surface area contributed by atoms with E-state index in [0.29, 0.717) is 18.7 Å². The maximum Gasteiger partial charge on any atom is 0.268 e. The summed E-state index contributed by atoms with van der Waals surface area (Å²) in [5.74, 6) is 0.690. The third kappa shape index (κ3) is 2.65. The highest BCUT2D eigenvalue weighted by atomic mass is 16.5. The summed E-state index contributed by atoms with van der Waals surface area (Å²) >= 11 is 0. The number of benzene rings is 2. The van der Waals surface area contributed by atoms with Crippen LogP contribution in [0.15, 0.2) is 67.1 Å². The Labute approximate surface area is 139 Å². The molecule has 1 fully saturated rings. The number of anilines is 1. The third-order valence-electron chi connectivity index (χ3n) is 4.17. The Morgan fingerprint density at radius 2 is 1.88 bits per heavy atom. The van der Waals surface area contributed by atoms with Crippen LogP contribution in [0.4, 0.5) is 5.69 Å². The second kappa shape index (κ2) is 6.20. The molecule has 1 atom stereocenters. The summed E-state index contributed by atoms with van der Waals surface area (Å²) < 4.78 is 6.06. The molecule has 4 rings (SSSR count). The van der Waals surface area contributed by atoms with Crippen LogP contribution in [-0.4, -0.2) is 28.5 Å². The molecule has 1 unspecified atom stereocenters. The molecule has 1 aliphatic rings. The average Bonchev–Trinajstić information content (AvgIpc) is 3.27. The lowest BCUT2D eigenvalue weighted by Crippen LogP contribution is -2.32. The predicted octanol–water partition coefficient (Wildman–Crippen LogP) is 3.26. The zero-order valence-electron chi connectivity index (χ0n) is 13.1. The first-order valence-corrected chi connectivity index (χ1v) is 7.94. The number of nitrogens with zero attached hydrogens (tertiary/aromatic N) is 2. The number of aromatic amines is 1. The fourth-order valence-corrected chi connectivity index (χ4v) is 2.98. The van der Waals surface area contributed by atoms with Crippen LogP contribution in [0.3, 0.4) is 0 Å². The molecule has 0 aliphatic carbocycles. The quantitative estimate of drug-likeness (QED) is 0.803. The van der Waals surface area contributed by atoms with Gasteiger partial charge in [0.1, 0.15) is 5.75 Å². The molecule has 2 heterocycles. The van der Waals surface area contributed by atoms with Gasteiger partial charge in [-0.15, -0.1) is 0 Å². The number of hydrogen-bond donors (Lipinski definition) is 1. The van der Waals surface area contributed by atoms with E-state index in [1.807, 2.05) is 54.6 Å². The summed E-state index contributed by atoms with van der Waals surface area (Å²) in [6.07, 6.45) is 3.58. The van der Waals surface area contributed by atoms with E-state index in [2.05, 4.69) is 9.97 Å². The van der Waals surface area contributed by atoms with Gasteiger partial charge < -0.3 is 14.6 Å². The third-order valence-corrected chi connectivity index (χ3v) is 4.17. The number of rotatable bonds is 4. The number of nitrogens with one attached hydrogen (secondary N) is 1. The minimum absolute atomic E-state index is 0.000568. The SMILES string of the molecule is O=C1C(Oc2ccccc2-c2cnc[nH]2)CCN1c1ccccc1. The first kappa shape index (κ1) is 14.5. The van der Waals surface area contributed by atoms with Gasteiger partial charge in [0.15, 0.2) is 6.10 Å². The number of H-pyrrole nitrogens is 1. The topological polar surface area (TPSA) is 58.2 Å². The lowest BCUT2D eigenvalue weighted by atomic mass is 10.1. The minimum atomic E-state index is -0.464. The number of amides is 1. The first-order chi connectivity index (χ1) is 11.8. The van der Waals surface area contributed by atoms with Crippen molar-refractivity contribution >= 4 is 11.6 Å². The minimum Gasteiger partial charge on any atom is -0.480 e. The van der Waals surface area contributed by atoms with Crippen molar-refractivity contribution < 1.29 is 9.53 Å². The molecule has 5 heteroatoms. The molecule has 0 saturated carbocycles. The smallest absolute Gasteiger partial charge is 0.268 e. The fraction of sp³-hybridized carbons (Fsp3) is 0.158. The Morgan fingerprint density at radius 3 is 2.67 bits per heavy atom. The Balaban J connectivity index is 1.56. The maximum absolute atomic E-state index is 12.7. The monoisotopic (exact) mass is 319 g/mol. The van der Waals surface area contributed by atoms with Crippen LogP contribution in [0, 0.1) is 0 Å². The summed E-state index contributed by atoms with van der Waals surface area (Å²) in [6, 6.07) is 17.4. The van der Waals surface area contributed by atoms with Crippen molar-refractivity contribution in [1.29, 1.82) is 0 Å². The van der Waals surface area contributed by atoms with E-state index in [4.69, 9.17) is 4.74 Å². The van der Waals surface area contributed by atoms with Gasteiger partial charge in [0.25, 0.3) is 5.91 Å². The molecule has 1 aliphatic heterocycles. The first-order valence-electron chi connectivity index (χ1n) is 7.94. The summed E-state index contributed by atoms with van der Waals surface area (Å²) in [4.78, 5) is 21.6. The molecule has 1 aromatic heterocycles. The van der Waals surface area contributed by atoms with Crippen molar-refractivity contribution in [3.63, 3.8) is 0 Å². The Kier molecular flexibility index (Phi) is 3.75. The van der Waals surface area contributed by atoms with Gasteiger partial charge in [-0.3, -0.25) is 4.79 Å². The molecule has 24 heavy (non-hydrogen) atoms. The normalized spacial score (nSPS) is 17.2.